The van der Waals surface area contributed by atoms with Gasteiger partial charge in [0.05, 0.1) is 5.02 Å². The largest absolute Gasteiger partial charge is 0.385 e. The third-order valence-electron chi connectivity index (χ3n) is 6.05. The van der Waals surface area contributed by atoms with E-state index in [0.717, 1.165) is 68.0 Å². The number of carbonyl (C=O) groups is 1. The number of carbonyl (C=O) groups excluding carboxylic acids is 1. The van der Waals surface area contributed by atoms with Crippen LogP contribution in [0.5, 0.6) is 0 Å². The van der Waals surface area contributed by atoms with Crippen LogP contribution in [0, 0.1) is 11.8 Å². The van der Waals surface area contributed by atoms with Gasteiger partial charge in [-0.05, 0) is 55.4 Å². The summed E-state index contributed by atoms with van der Waals surface area (Å²) in [6, 6.07) is 10.2. The Hall–Kier alpha value is -1.95. The van der Waals surface area contributed by atoms with E-state index in [1.165, 1.54) is 0 Å². The highest BCUT2D eigenvalue weighted by Gasteiger charge is 2.22. The molecule has 0 aliphatic carbocycles. The van der Waals surface area contributed by atoms with Crippen LogP contribution < -0.4 is 5.32 Å². The van der Waals surface area contributed by atoms with Gasteiger partial charge in [-0.25, -0.2) is 0 Å². The molecule has 4 rings (SSSR count). The Morgan fingerprint density at radius 3 is 2.57 bits per heavy atom. The van der Waals surface area contributed by atoms with Crippen LogP contribution in [0.15, 0.2) is 36.5 Å². The second-order valence-corrected chi connectivity index (χ2v) is 8.61. The molecule has 2 aliphatic rings. The lowest BCUT2D eigenvalue weighted by atomic mass is 9.92. The Morgan fingerprint density at radius 2 is 1.80 bits per heavy atom. The second kappa shape index (κ2) is 10.4. The molecule has 5 nitrogen and oxygen atoms in total. The van der Waals surface area contributed by atoms with Crippen molar-refractivity contribution in [2.75, 3.05) is 38.3 Å². The molecule has 1 aromatic carbocycles. The first-order valence-electron chi connectivity index (χ1n) is 10.9. The molecule has 160 valence electrons. The molecule has 2 aromatic rings. The van der Waals surface area contributed by atoms with Gasteiger partial charge in [-0.2, -0.15) is 0 Å². The first-order chi connectivity index (χ1) is 14.7. The number of nitrogens with zero attached hydrogens (tertiary/aromatic N) is 1. The minimum absolute atomic E-state index is 0.0809. The fraction of sp³-hybridized carbons (Fsp3) is 0.500. The van der Waals surface area contributed by atoms with Crippen LogP contribution in [0.4, 0.5) is 5.69 Å². The average Bonchev–Trinajstić information content (AvgIpc) is 2.80. The Morgan fingerprint density at radius 1 is 1.07 bits per heavy atom. The molecule has 0 spiro atoms. The summed E-state index contributed by atoms with van der Waals surface area (Å²) in [6.07, 6.45) is 5.82. The minimum atomic E-state index is 0.0809. The van der Waals surface area contributed by atoms with Gasteiger partial charge in [0.15, 0.2) is 0 Å². The summed E-state index contributed by atoms with van der Waals surface area (Å²) < 4.78 is 10.8. The third kappa shape index (κ3) is 5.60. The Balaban J connectivity index is 1.45. The maximum Gasteiger partial charge on any atom is 0.142 e. The highest BCUT2D eigenvalue weighted by atomic mass is 35.5. The van der Waals surface area contributed by atoms with E-state index in [1.54, 1.807) is 6.20 Å². The number of ether oxygens (including phenoxy) is 2. The number of anilines is 1. The van der Waals surface area contributed by atoms with Gasteiger partial charge >= 0.3 is 0 Å². The number of pyridine rings is 1. The van der Waals surface area contributed by atoms with E-state index < -0.39 is 0 Å². The SMILES string of the molecule is O=C(Cc1cc(-c2cccc(NCC3CCOCC3)c2)c(Cl)cn1)C1CCOCC1. The number of hydrogen-bond acceptors (Lipinski definition) is 5. The van der Waals surface area contributed by atoms with Gasteiger partial charge in [0.2, 0.25) is 0 Å². The van der Waals surface area contributed by atoms with Crippen LogP contribution in [0.25, 0.3) is 11.1 Å². The molecular formula is C24H29ClN2O3. The smallest absolute Gasteiger partial charge is 0.142 e. The molecule has 1 aromatic heterocycles. The number of aromatic nitrogens is 1. The maximum absolute atomic E-state index is 12.6. The number of nitrogens with one attached hydrogen (secondary N) is 1. The van der Waals surface area contributed by atoms with Crippen molar-refractivity contribution in [2.45, 2.75) is 32.1 Å². The van der Waals surface area contributed by atoms with Crippen molar-refractivity contribution in [3.05, 3.63) is 47.2 Å². The second-order valence-electron chi connectivity index (χ2n) is 8.20. The minimum Gasteiger partial charge on any atom is -0.385 e. The van der Waals surface area contributed by atoms with Gasteiger partial charge in [0.25, 0.3) is 0 Å². The van der Waals surface area contributed by atoms with Crippen molar-refractivity contribution >= 4 is 23.1 Å². The predicted octanol–water partition coefficient (Wildman–Crippen LogP) is 4.78. The topological polar surface area (TPSA) is 60.5 Å². The summed E-state index contributed by atoms with van der Waals surface area (Å²) in [5, 5.41) is 4.15. The van der Waals surface area contributed by atoms with Crippen LogP contribution in [-0.2, 0) is 20.7 Å². The highest BCUT2D eigenvalue weighted by Crippen LogP contribution is 2.30. The number of halogens is 1. The van der Waals surface area contributed by atoms with Crippen molar-refractivity contribution in [1.82, 2.24) is 4.98 Å². The maximum atomic E-state index is 12.6. The molecule has 30 heavy (non-hydrogen) atoms. The molecule has 6 heteroatoms. The van der Waals surface area contributed by atoms with Gasteiger partial charge < -0.3 is 14.8 Å². The van der Waals surface area contributed by atoms with E-state index in [4.69, 9.17) is 21.1 Å². The van der Waals surface area contributed by atoms with E-state index >= 15 is 0 Å². The molecule has 0 saturated carbocycles. The van der Waals surface area contributed by atoms with E-state index in [1.807, 2.05) is 18.2 Å². The molecule has 1 N–H and O–H groups in total. The summed E-state index contributed by atoms with van der Waals surface area (Å²) in [6.45, 7) is 4.00. The number of hydrogen-bond donors (Lipinski definition) is 1. The van der Waals surface area contributed by atoms with E-state index in [9.17, 15) is 4.79 Å². The van der Waals surface area contributed by atoms with Gasteiger partial charge in [0, 0.05) is 68.5 Å². The van der Waals surface area contributed by atoms with Gasteiger partial charge in [-0.3, -0.25) is 9.78 Å². The van der Waals surface area contributed by atoms with Crippen LogP contribution in [0.2, 0.25) is 5.02 Å². The van der Waals surface area contributed by atoms with Crippen LogP contribution in [-0.4, -0.2) is 43.7 Å². The van der Waals surface area contributed by atoms with E-state index in [0.29, 0.717) is 30.6 Å². The van der Waals surface area contributed by atoms with Gasteiger partial charge in [-0.1, -0.05) is 23.7 Å². The molecule has 0 unspecified atom stereocenters. The Labute approximate surface area is 183 Å². The van der Waals surface area contributed by atoms with Gasteiger partial charge in [-0.15, -0.1) is 0 Å². The average molecular weight is 429 g/mol. The molecule has 0 amide bonds. The molecule has 2 aliphatic heterocycles. The molecular weight excluding hydrogens is 400 g/mol. The Bertz CT molecular complexity index is 861. The normalized spacial score (nSPS) is 18.3. The molecule has 2 fully saturated rings. The summed E-state index contributed by atoms with van der Waals surface area (Å²) in [7, 11) is 0. The van der Waals surface area contributed by atoms with Crippen molar-refractivity contribution < 1.29 is 14.3 Å². The number of ketones is 1. The highest BCUT2D eigenvalue weighted by molar-refractivity contribution is 6.33. The monoisotopic (exact) mass is 428 g/mol. The van der Waals surface area contributed by atoms with Crippen molar-refractivity contribution in [3.8, 4) is 11.1 Å². The van der Waals surface area contributed by atoms with Crippen molar-refractivity contribution in [2.24, 2.45) is 11.8 Å². The Kier molecular flexibility index (Phi) is 7.37. The predicted molar refractivity (Wildman–Crippen MR) is 119 cm³/mol. The zero-order valence-corrected chi connectivity index (χ0v) is 18.0. The molecule has 2 saturated heterocycles. The molecule has 0 radical (unpaired) electrons. The number of benzene rings is 1. The molecule has 3 heterocycles. The van der Waals surface area contributed by atoms with E-state index in [2.05, 4.69) is 22.4 Å². The lowest BCUT2D eigenvalue weighted by Crippen LogP contribution is -2.25. The summed E-state index contributed by atoms with van der Waals surface area (Å²) in [4.78, 5) is 17.1. The first-order valence-corrected chi connectivity index (χ1v) is 11.2. The molecule has 0 bridgehead atoms. The van der Waals surface area contributed by atoms with Crippen LogP contribution in [0.1, 0.15) is 31.4 Å². The van der Waals surface area contributed by atoms with Crippen LogP contribution in [0.3, 0.4) is 0 Å². The lowest BCUT2D eigenvalue weighted by molar-refractivity contribution is -0.125. The fourth-order valence-electron chi connectivity index (χ4n) is 4.15. The first kappa shape index (κ1) is 21.3. The summed E-state index contributed by atoms with van der Waals surface area (Å²) in [5.74, 6) is 0.970. The van der Waals surface area contributed by atoms with Crippen LogP contribution >= 0.6 is 11.6 Å². The van der Waals surface area contributed by atoms with E-state index in [-0.39, 0.29) is 11.7 Å². The summed E-state index contributed by atoms with van der Waals surface area (Å²) in [5.41, 5.74) is 3.79. The lowest BCUT2D eigenvalue weighted by Gasteiger charge is -2.22. The quantitative estimate of drug-likeness (QED) is 0.687. The summed E-state index contributed by atoms with van der Waals surface area (Å²) >= 11 is 6.47. The standard InChI is InChI=1S/C24H29ClN2O3/c25-23-16-27-21(14-24(28)18-6-10-30-11-7-18)13-22(23)19-2-1-3-20(12-19)26-15-17-4-8-29-9-5-17/h1-3,12-13,16-18,26H,4-11,14-15H2. The zero-order valence-electron chi connectivity index (χ0n) is 17.2. The molecule has 0 atom stereocenters. The zero-order chi connectivity index (χ0) is 20.8. The van der Waals surface area contributed by atoms with Crippen molar-refractivity contribution in [1.29, 1.82) is 0 Å². The van der Waals surface area contributed by atoms with Gasteiger partial charge in [0.1, 0.15) is 5.78 Å². The number of Topliss-reactive ketones (excluding diaryl/α,β-unsaturated/α-hetero) is 1. The third-order valence-corrected chi connectivity index (χ3v) is 6.35. The van der Waals surface area contributed by atoms with Crippen molar-refractivity contribution in [3.63, 3.8) is 0 Å². The fourth-order valence-corrected chi connectivity index (χ4v) is 4.36. The number of rotatable bonds is 7.